The van der Waals surface area contributed by atoms with Crippen molar-refractivity contribution in [3.8, 4) is 0 Å². The highest BCUT2D eigenvalue weighted by molar-refractivity contribution is 6.19. The number of carbonyl (C=O) groups is 2. The van der Waals surface area contributed by atoms with Crippen molar-refractivity contribution >= 4 is 23.4 Å². The highest BCUT2D eigenvalue weighted by atomic mass is 35.5. The Morgan fingerprint density at radius 2 is 1.31 bits per heavy atom. The van der Waals surface area contributed by atoms with Crippen LogP contribution in [0, 0.1) is 5.92 Å². The molecule has 0 spiro atoms. The molecule has 0 rings (SSSR count). The lowest BCUT2D eigenvalue weighted by atomic mass is 9.98. The summed E-state index contributed by atoms with van der Waals surface area (Å²) in [4.78, 5) is 22.5. The molecule has 4 N–H and O–H groups in total. The second kappa shape index (κ2) is 20.6. The van der Waals surface area contributed by atoms with Crippen molar-refractivity contribution in [3.05, 3.63) is 0 Å². The van der Waals surface area contributed by atoms with Crippen LogP contribution in [0.15, 0.2) is 0 Å². The third kappa shape index (κ3) is 17.9. The van der Waals surface area contributed by atoms with E-state index in [4.69, 9.17) is 17.3 Å². The van der Waals surface area contributed by atoms with Gasteiger partial charge in [-0.25, -0.2) is 0 Å². The van der Waals surface area contributed by atoms with E-state index in [9.17, 15) is 14.7 Å². The van der Waals surface area contributed by atoms with Gasteiger partial charge in [0.2, 0.25) is 0 Å². The fraction of sp³-hybridized carbons (Fsp3) is 0.913. The zero-order valence-electron chi connectivity index (χ0n) is 18.6. The van der Waals surface area contributed by atoms with Gasteiger partial charge < -0.3 is 16.2 Å². The molecule has 0 fully saturated rings. The summed E-state index contributed by atoms with van der Waals surface area (Å²) in [6, 6.07) is -0.426. The number of Topliss-reactive ketones (excluding diaryl/α,β-unsaturated/α-hetero) is 1. The maximum absolute atomic E-state index is 11.3. The van der Waals surface area contributed by atoms with Crippen LogP contribution in [0.5, 0.6) is 0 Å². The van der Waals surface area contributed by atoms with E-state index >= 15 is 0 Å². The summed E-state index contributed by atoms with van der Waals surface area (Å²) in [5, 5.41) is 12.4. The SMILES string of the molecule is CC(=O)C(CCl)CCCCCCCCCCCCCN[C@@H](CCCCN)C(=O)O. The summed E-state index contributed by atoms with van der Waals surface area (Å²) in [6.45, 7) is 3.05. The fourth-order valence-corrected chi connectivity index (χ4v) is 3.95. The van der Waals surface area contributed by atoms with E-state index in [2.05, 4.69) is 5.32 Å². The van der Waals surface area contributed by atoms with Crippen molar-refractivity contribution in [1.29, 1.82) is 0 Å². The van der Waals surface area contributed by atoms with Crippen LogP contribution in [-0.2, 0) is 9.59 Å². The largest absolute Gasteiger partial charge is 0.480 e. The van der Waals surface area contributed by atoms with Gasteiger partial charge in [0.15, 0.2) is 0 Å². The zero-order valence-corrected chi connectivity index (χ0v) is 19.4. The van der Waals surface area contributed by atoms with Gasteiger partial charge in [0.1, 0.15) is 11.8 Å². The number of ketones is 1. The fourth-order valence-electron chi connectivity index (χ4n) is 3.58. The van der Waals surface area contributed by atoms with E-state index in [1.165, 1.54) is 57.8 Å². The van der Waals surface area contributed by atoms with Crippen LogP contribution in [0.2, 0.25) is 0 Å². The zero-order chi connectivity index (χ0) is 21.7. The Balaban J connectivity index is 3.38. The first kappa shape index (κ1) is 28.4. The van der Waals surface area contributed by atoms with Gasteiger partial charge in [0.05, 0.1) is 0 Å². The number of nitrogens with two attached hydrogens (primary N) is 1. The summed E-state index contributed by atoms with van der Waals surface area (Å²) in [6.07, 6.45) is 16.8. The maximum atomic E-state index is 11.3. The van der Waals surface area contributed by atoms with Crippen LogP contribution in [0.4, 0.5) is 0 Å². The number of carboxylic acid groups (broad SMARTS) is 1. The predicted octanol–water partition coefficient (Wildman–Crippen LogP) is 5.28. The molecule has 2 atom stereocenters. The number of hydrogen-bond acceptors (Lipinski definition) is 4. The number of aliphatic carboxylic acids is 1. The van der Waals surface area contributed by atoms with Gasteiger partial charge in [-0.2, -0.15) is 0 Å². The van der Waals surface area contributed by atoms with E-state index in [-0.39, 0.29) is 11.7 Å². The van der Waals surface area contributed by atoms with Crippen molar-refractivity contribution in [1.82, 2.24) is 5.32 Å². The molecule has 0 aromatic heterocycles. The second-order valence-electron chi connectivity index (χ2n) is 8.27. The van der Waals surface area contributed by atoms with Gasteiger partial charge in [-0.3, -0.25) is 9.59 Å². The normalized spacial score (nSPS) is 13.3. The Morgan fingerprint density at radius 3 is 1.76 bits per heavy atom. The third-order valence-corrected chi connectivity index (χ3v) is 6.00. The summed E-state index contributed by atoms with van der Waals surface area (Å²) >= 11 is 5.81. The van der Waals surface area contributed by atoms with Crippen LogP contribution in [-0.4, -0.2) is 41.9 Å². The average molecular weight is 433 g/mol. The molecule has 0 aliphatic rings. The van der Waals surface area contributed by atoms with Crippen LogP contribution in [0.1, 0.15) is 103 Å². The Morgan fingerprint density at radius 1 is 0.828 bits per heavy atom. The minimum atomic E-state index is -0.750. The molecule has 0 aliphatic carbocycles. The van der Waals surface area contributed by atoms with Crippen molar-refractivity contribution in [2.75, 3.05) is 19.0 Å². The van der Waals surface area contributed by atoms with E-state index in [0.29, 0.717) is 18.8 Å². The van der Waals surface area contributed by atoms with Crippen LogP contribution in [0.3, 0.4) is 0 Å². The van der Waals surface area contributed by atoms with Gasteiger partial charge in [0.25, 0.3) is 0 Å². The molecule has 0 aromatic rings. The number of rotatable bonds is 22. The summed E-state index contributed by atoms with van der Waals surface area (Å²) in [7, 11) is 0. The summed E-state index contributed by atoms with van der Waals surface area (Å²) in [5.41, 5.74) is 5.46. The maximum Gasteiger partial charge on any atom is 0.320 e. The number of nitrogens with one attached hydrogen (secondary N) is 1. The number of halogens is 1. The van der Waals surface area contributed by atoms with Gasteiger partial charge >= 0.3 is 5.97 Å². The van der Waals surface area contributed by atoms with E-state index in [0.717, 1.165) is 38.6 Å². The molecule has 29 heavy (non-hydrogen) atoms. The molecule has 0 aromatic carbocycles. The molecule has 0 heterocycles. The number of alkyl halides is 1. The summed E-state index contributed by atoms with van der Waals surface area (Å²) in [5.74, 6) is -0.0156. The second-order valence-corrected chi connectivity index (χ2v) is 8.58. The van der Waals surface area contributed by atoms with Gasteiger partial charge in [0, 0.05) is 11.8 Å². The van der Waals surface area contributed by atoms with Crippen molar-refractivity contribution in [3.63, 3.8) is 0 Å². The van der Waals surface area contributed by atoms with E-state index in [1.807, 2.05) is 0 Å². The molecule has 172 valence electrons. The Labute approximate surface area is 183 Å². The van der Waals surface area contributed by atoms with Gasteiger partial charge in [-0.1, -0.05) is 70.6 Å². The first-order valence-corrected chi connectivity index (χ1v) is 12.3. The van der Waals surface area contributed by atoms with Crippen LogP contribution in [0.25, 0.3) is 0 Å². The van der Waals surface area contributed by atoms with Crippen LogP contribution >= 0.6 is 11.6 Å². The number of unbranched alkanes of at least 4 members (excludes halogenated alkanes) is 11. The number of carbonyl (C=O) groups excluding carboxylic acids is 1. The first-order chi connectivity index (χ1) is 14.0. The monoisotopic (exact) mass is 432 g/mol. The Kier molecular flexibility index (Phi) is 20.2. The highest BCUT2D eigenvalue weighted by Gasteiger charge is 2.15. The molecule has 1 unspecified atom stereocenters. The Hall–Kier alpha value is -0.650. The molecule has 0 radical (unpaired) electrons. The standard InChI is InChI=1S/C23H45ClN2O3/c1-20(27)21(19-24)15-11-9-7-5-3-2-4-6-8-10-14-18-26-22(23(28)29)16-12-13-17-25/h21-22,26H,2-19,25H2,1H3,(H,28,29)/t21?,22-/m0/s1. The van der Waals surface area contributed by atoms with Crippen molar-refractivity contribution in [2.24, 2.45) is 11.7 Å². The molecule has 0 aliphatic heterocycles. The lowest BCUT2D eigenvalue weighted by Crippen LogP contribution is -2.37. The van der Waals surface area contributed by atoms with Gasteiger partial charge in [-0.15, -0.1) is 11.6 Å². The first-order valence-electron chi connectivity index (χ1n) is 11.8. The quantitative estimate of drug-likeness (QED) is 0.160. The lowest BCUT2D eigenvalue weighted by molar-refractivity contribution is -0.139. The minimum absolute atomic E-state index is 0.0537. The van der Waals surface area contributed by atoms with Crippen molar-refractivity contribution in [2.45, 2.75) is 109 Å². The molecule has 0 bridgehead atoms. The Bertz CT molecular complexity index is 408. The smallest absolute Gasteiger partial charge is 0.320 e. The summed E-state index contributed by atoms with van der Waals surface area (Å²) < 4.78 is 0. The molecule has 5 nitrogen and oxygen atoms in total. The topological polar surface area (TPSA) is 92.4 Å². The van der Waals surface area contributed by atoms with Crippen LogP contribution < -0.4 is 11.1 Å². The number of hydrogen-bond donors (Lipinski definition) is 3. The van der Waals surface area contributed by atoms with Crippen molar-refractivity contribution < 1.29 is 14.7 Å². The minimum Gasteiger partial charge on any atom is -0.480 e. The molecular weight excluding hydrogens is 388 g/mol. The molecular formula is C23H45ClN2O3. The highest BCUT2D eigenvalue weighted by Crippen LogP contribution is 2.15. The molecule has 6 heteroatoms. The molecule has 0 amide bonds. The third-order valence-electron chi connectivity index (χ3n) is 5.63. The number of carboxylic acids is 1. The predicted molar refractivity (Wildman–Crippen MR) is 123 cm³/mol. The molecule has 0 saturated carbocycles. The van der Waals surface area contributed by atoms with E-state index in [1.54, 1.807) is 6.92 Å². The lowest BCUT2D eigenvalue weighted by Gasteiger charge is -2.14. The van der Waals surface area contributed by atoms with E-state index < -0.39 is 12.0 Å². The average Bonchev–Trinajstić information content (AvgIpc) is 2.69. The molecule has 0 saturated heterocycles. The van der Waals surface area contributed by atoms with Gasteiger partial charge in [-0.05, 0) is 45.7 Å².